The summed E-state index contributed by atoms with van der Waals surface area (Å²) in [5, 5.41) is 3.68. The molecule has 0 saturated heterocycles. The van der Waals surface area contributed by atoms with Crippen molar-refractivity contribution >= 4 is 29.1 Å². The van der Waals surface area contributed by atoms with Crippen molar-refractivity contribution in [2.24, 2.45) is 5.92 Å². The third-order valence-corrected chi connectivity index (χ3v) is 4.39. The first-order valence-corrected chi connectivity index (χ1v) is 7.76. The minimum atomic E-state index is -0.119. The predicted molar refractivity (Wildman–Crippen MR) is 81.5 cm³/mol. The Balaban J connectivity index is 1.73. The van der Waals surface area contributed by atoms with Crippen LogP contribution in [0.3, 0.4) is 0 Å². The Kier molecular flexibility index (Phi) is 5.99. The van der Waals surface area contributed by atoms with E-state index in [0.717, 1.165) is 6.54 Å². The van der Waals surface area contributed by atoms with Gasteiger partial charge in [-0.15, -0.1) is 0 Å². The lowest BCUT2D eigenvalue weighted by atomic mass is 9.89. The Morgan fingerprint density at radius 3 is 2.75 bits per heavy atom. The zero-order valence-corrected chi connectivity index (χ0v) is 12.8. The molecular weight excluding hydrogens is 297 g/mol. The topological polar surface area (TPSA) is 38.3 Å². The van der Waals surface area contributed by atoms with Crippen LogP contribution < -0.4 is 10.1 Å². The Morgan fingerprint density at radius 1 is 1.25 bits per heavy atom. The number of benzene rings is 1. The van der Waals surface area contributed by atoms with E-state index in [1.807, 2.05) is 0 Å². The fraction of sp³-hybridized carbons (Fsp3) is 0.533. The minimum Gasteiger partial charge on any atom is -0.482 e. The molecular formula is C15H19Cl2NO2. The maximum atomic E-state index is 11.7. The molecule has 0 bridgehead atoms. The molecule has 0 atom stereocenters. The summed E-state index contributed by atoms with van der Waals surface area (Å²) >= 11 is 11.9. The predicted octanol–water partition coefficient (Wildman–Crippen LogP) is 4.07. The van der Waals surface area contributed by atoms with Gasteiger partial charge in [-0.3, -0.25) is 4.79 Å². The Hall–Kier alpha value is -0.930. The normalized spacial score (nSPS) is 15.9. The molecule has 5 heteroatoms. The molecule has 3 nitrogen and oxygen atoms in total. The molecule has 1 aromatic carbocycles. The van der Waals surface area contributed by atoms with Crippen LogP contribution in [-0.2, 0) is 4.79 Å². The molecule has 0 unspecified atom stereocenters. The standard InChI is InChI=1S/C15H19Cl2NO2/c16-12-7-4-8-13(15(12)17)20-10-14(19)18-9-11-5-2-1-3-6-11/h4,7-8,11H,1-3,5-6,9-10H2,(H,18,19). The largest absolute Gasteiger partial charge is 0.482 e. The number of hydrogen-bond donors (Lipinski definition) is 1. The molecule has 1 amide bonds. The van der Waals surface area contributed by atoms with E-state index in [1.165, 1.54) is 32.1 Å². The lowest BCUT2D eigenvalue weighted by molar-refractivity contribution is -0.123. The van der Waals surface area contributed by atoms with Crippen molar-refractivity contribution in [3.63, 3.8) is 0 Å². The molecule has 0 spiro atoms. The zero-order valence-electron chi connectivity index (χ0n) is 11.3. The summed E-state index contributed by atoms with van der Waals surface area (Å²) in [6, 6.07) is 5.12. The van der Waals surface area contributed by atoms with Gasteiger partial charge in [0.2, 0.25) is 0 Å². The number of ether oxygens (including phenoxy) is 1. The first kappa shape index (κ1) is 15.5. The van der Waals surface area contributed by atoms with Crippen LogP contribution in [0.1, 0.15) is 32.1 Å². The molecule has 20 heavy (non-hydrogen) atoms. The van der Waals surface area contributed by atoms with Crippen molar-refractivity contribution in [3.8, 4) is 5.75 Å². The molecule has 0 radical (unpaired) electrons. The van der Waals surface area contributed by atoms with Gasteiger partial charge < -0.3 is 10.1 Å². The molecule has 0 heterocycles. The van der Waals surface area contributed by atoms with Crippen molar-refractivity contribution in [3.05, 3.63) is 28.2 Å². The highest BCUT2D eigenvalue weighted by atomic mass is 35.5. The molecule has 1 N–H and O–H groups in total. The minimum absolute atomic E-state index is 0.0349. The summed E-state index contributed by atoms with van der Waals surface area (Å²) in [6.45, 7) is 0.707. The van der Waals surface area contributed by atoms with Gasteiger partial charge in [0.25, 0.3) is 5.91 Å². The second-order valence-corrected chi connectivity index (χ2v) is 5.93. The van der Waals surface area contributed by atoms with Crippen molar-refractivity contribution in [1.29, 1.82) is 0 Å². The van der Waals surface area contributed by atoms with Gasteiger partial charge >= 0.3 is 0 Å². The van der Waals surface area contributed by atoms with E-state index in [0.29, 0.717) is 21.7 Å². The average molecular weight is 316 g/mol. The number of amides is 1. The van der Waals surface area contributed by atoms with E-state index in [-0.39, 0.29) is 12.5 Å². The van der Waals surface area contributed by atoms with Crippen LogP contribution >= 0.6 is 23.2 Å². The highest BCUT2D eigenvalue weighted by molar-refractivity contribution is 6.42. The van der Waals surface area contributed by atoms with Gasteiger partial charge in [-0.2, -0.15) is 0 Å². The van der Waals surface area contributed by atoms with E-state index >= 15 is 0 Å². The maximum Gasteiger partial charge on any atom is 0.257 e. The fourth-order valence-corrected chi connectivity index (χ4v) is 2.79. The van der Waals surface area contributed by atoms with E-state index in [1.54, 1.807) is 18.2 Å². The first-order valence-electron chi connectivity index (χ1n) is 7.00. The highest BCUT2D eigenvalue weighted by Gasteiger charge is 2.14. The highest BCUT2D eigenvalue weighted by Crippen LogP contribution is 2.31. The second kappa shape index (κ2) is 7.75. The van der Waals surface area contributed by atoms with Crippen LogP contribution in [0.15, 0.2) is 18.2 Å². The molecule has 1 aliphatic rings. The number of carbonyl (C=O) groups excluding carboxylic acids is 1. The summed E-state index contributed by atoms with van der Waals surface area (Å²) in [5.41, 5.74) is 0. The number of nitrogens with one attached hydrogen (secondary N) is 1. The molecule has 110 valence electrons. The quantitative estimate of drug-likeness (QED) is 0.889. The van der Waals surface area contributed by atoms with Crippen molar-refractivity contribution in [2.75, 3.05) is 13.2 Å². The summed E-state index contributed by atoms with van der Waals surface area (Å²) in [5.74, 6) is 0.932. The average Bonchev–Trinajstić information content (AvgIpc) is 2.48. The Labute approximate surface area is 129 Å². The molecule has 1 fully saturated rings. The van der Waals surface area contributed by atoms with Gasteiger partial charge in [-0.25, -0.2) is 0 Å². The van der Waals surface area contributed by atoms with E-state index in [4.69, 9.17) is 27.9 Å². The monoisotopic (exact) mass is 315 g/mol. The Bertz CT molecular complexity index is 459. The smallest absolute Gasteiger partial charge is 0.257 e. The van der Waals surface area contributed by atoms with Crippen molar-refractivity contribution < 1.29 is 9.53 Å². The molecule has 0 aromatic heterocycles. The number of halogens is 2. The van der Waals surface area contributed by atoms with Gasteiger partial charge in [0.05, 0.1) is 5.02 Å². The third kappa shape index (κ3) is 4.57. The van der Waals surface area contributed by atoms with E-state index < -0.39 is 0 Å². The van der Waals surface area contributed by atoms with Crippen LogP contribution in [-0.4, -0.2) is 19.1 Å². The summed E-state index contributed by atoms with van der Waals surface area (Å²) in [7, 11) is 0. The van der Waals surface area contributed by atoms with Crippen LogP contribution in [0, 0.1) is 5.92 Å². The summed E-state index contributed by atoms with van der Waals surface area (Å²) < 4.78 is 5.39. The number of hydrogen-bond acceptors (Lipinski definition) is 2. The van der Waals surface area contributed by atoms with Gasteiger partial charge in [0, 0.05) is 6.54 Å². The van der Waals surface area contributed by atoms with Crippen LogP contribution in [0.4, 0.5) is 0 Å². The van der Waals surface area contributed by atoms with Crippen LogP contribution in [0.5, 0.6) is 5.75 Å². The first-order chi connectivity index (χ1) is 9.66. The van der Waals surface area contributed by atoms with Gasteiger partial charge in [-0.1, -0.05) is 48.5 Å². The summed E-state index contributed by atoms with van der Waals surface area (Å²) in [4.78, 5) is 11.7. The SMILES string of the molecule is O=C(COc1cccc(Cl)c1Cl)NCC1CCCCC1. The van der Waals surface area contributed by atoms with Crippen molar-refractivity contribution in [1.82, 2.24) is 5.32 Å². The Morgan fingerprint density at radius 2 is 2.00 bits per heavy atom. The van der Waals surface area contributed by atoms with Crippen molar-refractivity contribution in [2.45, 2.75) is 32.1 Å². The molecule has 1 aliphatic carbocycles. The maximum absolute atomic E-state index is 11.7. The van der Waals surface area contributed by atoms with Gasteiger partial charge in [-0.05, 0) is 30.9 Å². The molecule has 0 aliphatic heterocycles. The van der Waals surface area contributed by atoms with E-state index in [2.05, 4.69) is 5.32 Å². The fourth-order valence-electron chi connectivity index (χ4n) is 2.44. The number of rotatable bonds is 5. The molecule has 1 saturated carbocycles. The van der Waals surface area contributed by atoms with Crippen LogP contribution in [0.2, 0.25) is 10.0 Å². The summed E-state index contributed by atoms with van der Waals surface area (Å²) in [6.07, 6.45) is 6.29. The molecule has 1 aromatic rings. The lowest BCUT2D eigenvalue weighted by Crippen LogP contribution is -2.33. The van der Waals surface area contributed by atoms with Gasteiger partial charge in [0.1, 0.15) is 10.8 Å². The van der Waals surface area contributed by atoms with Gasteiger partial charge in [0.15, 0.2) is 6.61 Å². The zero-order chi connectivity index (χ0) is 14.4. The van der Waals surface area contributed by atoms with Crippen LogP contribution in [0.25, 0.3) is 0 Å². The second-order valence-electron chi connectivity index (χ2n) is 5.15. The lowest BCUT2D eigenvalue weighted by Gasteiger charge is -2.21. The molecule has 2 rings (SSSR count). The van der Waals surface area contributed by atoms with E-state index in [9.17, 15) is 4.79 Å². The third-order valence-electron chi connectivity index (χ3n) is 3.59. The number of carbonyl (C=O) groups is 1.